The maximum Gasteiger partial charge on any atom is 0.133 e. The molecule has 608 valence electrons. The van der Waals surface area contributed by atoms with Crippen LogP contribution >= 0.6 is 0 Å². The van der Waals surface area contributed by atoms with Gasteiger partial charge in [-0.05, 0) is 277 Å². The number of furan rings is 1. The highest BCUT2D eigenvalue weighted by molar-refractivity contribution is 6.11. The van der Waals surface area contributed by atoms with E-state index in [-0.39, 0.29) is 0 Å². The lowest BCUT2D eigenvalue weighted by Gasteiger charge is -2.35. The van der Waals surface area contributed by atoms with Crippen molar-refractivity contribution in [2.24, 2.45) is 0 Å². The number of para-hydroxylation sites is 2. The summed E-state index contributed by atoms with van der Waals surface area (Å²) in [4.78, 5) is 4.80. The van der Waals surface area contributed by atoms with Crippen molar-refractivity contribution in [1.82, 2.24) is 4.57 Å². The summed E-state index contributed by atoms with van der Waals surface area (Å²) in [7, 11) is 0. The second kappa shape index (κ2) is 31.0. The van der Waals surface area contributed by atoms with Crippen LogP contribution in [0.3, 0.4) is 0 Å². The van der Waals surface area contributed by atoms with Crippen molar-refractivity contribution in [3.63, 3.8) is 0 Å². The van der Waals surface area contributed by atoms with E-state index in [2.05, 4.69) is 500 Å². The Morgan fingerprint density at radius 2 is 0.462 bits per heavy atom. The highest BCUT2D eigenvalue weighted by atomic mass is 16.3. The standard InChI is InChI=1S/C65H43NO.C61H40N2/c1-2-14-44(15-3-1)45-27-34-51(35-28-45)66(52-36-29-46(30-37-52)48-16-12-17-50(42-48)64-26-13-41-67-64)53-38-31-47(32-39-53)49-33-40-63-59(43-49)58-22-8-11-25-62(58)65(63)60-23-9-6-20-56(60)54-18-4-5-19-55(54)57-21-7-10-24-61(57)65;1-3-17-41(18-4-1)42-31-33-44(34-32-42)62(46-36-38-60-54(40-46)52-26-12-16-30-59(52)63(60)43-19-5-2-6-20-43)45-35-37-58-53(39-45)51-25-11-15-29-57(51)61(58)55-27-13-9-23-49(55)47-21-7-8-22-48(47)50-24-10-14-28-56(50)61/h1-43H;1-40H. The lowest BCUT2D eigenvalue weighted by Crippen LogP contribution is -2.29. The van der Waals surface area contributed by atoms with Crippen LogP contribution in [0.4, 0.5) is 34.1 Å². The van der Waals surface area contributed by atoms with E-state index in [1.54, 1.807) is 6.26 Å². The fourth-order valence-corrected chi connectivity index (χ4v) is 22.0. The molecule has 0 bridgehead atoms. The molecular formula is C126H83N3O. The van der Waals surface area contributed by atoms with Crippen molar-refractivity contribution in [3.05, 3.63) is 548 Å². The molecule has 0 radical (unpaired) electrons. The summed E-state index contributed by atoms with van der Waals surface area (Å²) in [6.45, 7) is 0. The van der Waals surface area contributed by atoms with E-state index < -0.39 is 10.8 Å². The number of benzene rings is 20. The van der Waals surface area contributed by atoms with Gasteiger partial charge in [0.25, 0.3) is 0 Å². The van der Waals surface area contributed by atoms with Crippen LogP contribution in [0.1, 0.15) is 44.5 Å². The first-order valence-corrected chi connectivity index (χ1v) is 44.9. The van der Waals surface area contributed by atoms with Crippen molar-refractivity contribution >= 4 is 55.9 Å². The van der Waals surface area contributed by atoms with Crippen LogP contribution in [0.25, 0.3) is 150 Å². The minimum Gasteiger partial charge on any atom is -0.464 e. The number of nitrogens with zero attached hydrogens (tertiary/aromatic N) is 3. The van der Waals surface area contributed by atoms with Gasteiger partial charge in [0.15, 0.2) is 0 Å². The average Bonchev–Trinajstić information content (AvgIpc) is 1.52. The molecule has 22 aromatic rings. The summed E-state index contributed by atoms with van der Waals surface area (Å²) in [6, 6.07) is 183. The Bertz CT molecular complexity index is 8000. The van der Waals surface area contributed by atoms with Crippen LogP contribution in [-0.4, -0.2) is 4.57 Å². The van der Waals surface area contributed by atoms with E-state index in [4.69, 9.17) is 4.42 Å². The average molecular weight is 1660 g/mol. The van der Waals surface area contributed by atoms with Gasteiger partial charge in [-0.2, -0.15) is 0 Å². The molecule has 0 N–H and O–H groups in total. The summed E-state index contributed by atoms with van der Waals surface area (Å²) in [5.74, 6) is 0.864. The van der Waals surface area contributed by atoms with E-state index >= 15 is 0 Å². The van der Waals surface area contributed by atoms with E-state index in [1.807, 2.05) is 12.1 Å². The normalized spacial score (nSPS) is 12.7. The smallest absolute Gasteiger partial charge is 0.133 e. The highest BCUT2D eigenvalue weighted by Crippen LogP contribution is 2.65. The van der Waals surface area contributed by atoms with Crippen LogP contribution in [-0.2, 0) is 10.8 Å². The predicted octanol–water partition coefficient (Wildman–Crippen LogP) is 33.4. The van der Waals surface area contributed by atoms with Crippen molar-refractivity contribution in [2.75, 3.05) is 9.80 Å². The Balaban J connectivity index is 0.000000141. The van der Waals surface area contributed by atoms with E-state index in [9.17, 15) is 0 Å². The van der Waals surface area contributed by atoms with E-state index in [1.165, 1.54) is 166 Å². The van der Waals surface area contributed by atoms with Crippen LogP contribution in [0.5, 0.6) is 0 Å². The van der Waals surface area contributed by atoms with Gasteiger partial charge < -0.3 is 18.8 Å². The third-order valence-corrected chi connectivity index (χ3v) is 27.7. The fourth-order valence-electron chi connectivity index (χ4n) is 22.0. The monoisotopic (exact) mass is 1650 g/mol. The fraction of sp³-hybridized carbons (Fsp3) is 0.0159. The van der Waals surface area contributed by atoms with Crippen molar-refractivity contribution in [1.29, 1.82) is 0 Å². The van der Waals surface area contributed by atoms with Crippen LogP contribution in [0, 0.1) is 0 Å². The predicted molar refractivity (Wildman–Crippen MR) is 540 cm³/mol. The molecule has 0 atom stereocenters. The zero-order valence-corrected chi connectivity index (χ0v) is 71.2. The van der Waals surface area contributed by atoms with Gasteiger partial charge in [-0.1, -0.05) is 376 Å². The van der Waals surface area contributed by atoms with Gasteiger partial charge in [-0.15, -0.1) is 0 Å². The summed E-state index contributed by atoms with van der Waals surface area (Å²) >= 11 is 0. The summed E-state index contributed by atoms with van der Waals surface area (Å²) in [5.41, 5.74) is 45.4. The quantitative estimate of drug-likeness (QED) is 0.122. The molecule has 2 spiro atoms. The highest BCUT2D eigenvalue weighted by Gasteiger charge is 2.52. The lowest BCUT2D eigenvalue weighted by atomic mass is 9.66. The third kappa shape index (κ3) is 12.1. The maximum atomic E-state index is 5.72. The van der Waals surface area contributed by atoms with E-state index in [0.29, 0.717) is 0 Å². The molecule has 0 amide bonds. The van der Waals surface area contributed by atoms with Crippen molar-refractivity contribution in [2.45, 2.75) is 10.8 Å². The second-order valence-corrected chi connectivity index (χ2v) is 34.4. The van der Waals surface area contributed by atoms with Crippen LogP contribution < -0.4 is 9.80 Å². The Hall–Kier alpha value is -16.9. The van der Waals surface area contributed by atoms with Crippen molar-refractivity contribution in [3.8, 4) is 128 Å². The Morgan fingerprint density at radius 1 is 0.169 bits per heavy atom. The molecule has 26 rings (SSSR count). The van der Waals surface area contributed by atoms with Gasteiger partial charge in [-0.3, -0.25) is 0 Å². The molecule has 0 unspecified atom stereocenters. The van der Waals surface area contributed by atoms with Crippen LogP contribution in [0.15, 0.2) is 508 Å². The van der Waals surface area contributed by atoms with Gasteiger partial charge in [0.1, 0.15) is 5.76 Å². The number of aromatic nitrogens is 1. The first-order valence-electron chi connectivity index (χ1n) is 44.9. The number of fused-ring (bicyclic) bond motifs is 27. The molecule has 20 aromatic carbocycles. The Morgan fingerprint density at radius 3 is 0.900 bits per heavy atom. The molecular weight excluding hydrogens is 1570 g/mol. The molecule has 130 heavy (non-hydrogen) atoms. The summed E-state index contributed by atoms with van der Waals surface area (Å²) in [6.07, 6.45) is 1.72. The Labute approximate surface area is 756 Å². The lowest BCUT2D eigenvalue weighted by molar-refractivity contribution is 0.582. The minimum atomic E-state index is -0.531. The summed E-state index contributed by atoms with van der Waals surface area (Å²) < 4.78 is 8.11. The number of hydrogen-bond donors (Lipinski definition) is 0. The molecule has 0 saturated heterocycles. The zero-order valence-electron chi connectivity index (χ0n) is 71.2. The van der Waals surface area contributed by atoms with Crippen LogP contribution in [0.2, 0.25) is 0 Å². The largest absolute Gasteiger partial charge is 0.464 e. The van der Waals surface area contributed by atoms with Gasteiger partial charge in [0.05, 0.1) is 28.1 Å². The maximum absolute atomic E-state index is 5.72. The van der Waals surface area contributed by atoms with Gasteiger partial charge >= 0.3 is 0 Å². The molecule has 0 fully saturated rings. The van der Waals surface area contributed by atoms with Gasteiger partial charge in [0.2, 0.25) is 0 Å². The number of hydrogen-bond acceptors (Lipinski definition) is 3. The molecule has 4 aliphatic carbocycles. The molecule has 4 nitrogen and oxygen atoms in total. The SMILES string of the molecule is c1ccc(-c2ccc(N(c3ccc(-c4cccc(-c5ccco5)c4)cc3)c3ccc(-c4ccc5c(c4)-c4ccccc4C54c5ccccc5-c5ccccc5-c5ccccc54)cc3)cc2)cc1.c1ccc(-c2ccc(N(c3ccc4c(c3)-c3ccccc3C43c4ccccc4-c4ccccc4-c4ccccc43)c3ccc4c(c3)c3ccccc3n4-c3ccccc3)cc2)cc1. The third-order valence-electron chi connectivity index (χ3n) is 27.7. The van der Waals surface area contributed by atoms with Gasteiger partial charge in [-0.25, -0.2) is 0 Å². The number of anilines is 6. The topological polar surface area (TPSA) is 24.6 Å². The van der Waals surface area contributed by atoms with E-state index in [0.717, 1.165) is 62.3 Å². The molecule has 0 saturated carbocycles. The molecule has 2 heterocycles. The Kier molecular flexibility index (Phi) is 18.0. The summed E-state index contributed by atoms with van der Waals surface area (Å²) in [5, 5.41) is 2.45. The first kappa shape index (κ1) is 75.6. The molecule has 2 aromatic heterocycles. The number of rotatable bonds is 12. The zero-order chi connectivity index (χ0) is 85.8. The van der Waals surface area contributed by atoms with Gasteiger partial charge in [0, 0.05) is 56.1 Å². The molecule has 4 aliphatic rings. The first-order chi connectivity index (χ1) is 64.5. The molecule has 0 aliphatic heterocycles. The molecule has 4 heteroatoms. The minimum absolute atomic E-state index is 0.491. The second-order valence-electron chi connectivity index (χ2n) is 34.4. The van der Waals surface area contributed by atoms with Crippen molar-refractivity contribution < 1.29 is 4.42 Å².